The first-order chi connectivity index (χ1) is 6.84. The summed E-state index contributed by atoms with van der Waals surface area (Å²) in [7, 11) is 0. The summed E-state index contributed by atoms with van der Waals surface area (Å²) in [5, 5.41) is 1.28. The third-order valence-corrected chi connectivity index (χ3v) is 2.98. The molecule has 0 aromatic carbocycles. The predicted octanol–water partition coefficient (Wildman–Crippen LogP) is 3.02. The first kappa shape index (κ1) is 8.04. The molecule has 2 aromatic heterocycles. The quantitative estimate of drug-likeness (QED) is 0.633. The molecule has 0 saturated carbocycles. The Labute approximate surface area is 82.9 Å². The number of fused-ring (bicyclic) bond motifs is 3. The molecule has 0 amide bonds. The minimum atomic E-state index is 0.961. The monoisotopic (exact) mass is 187 g/mol. The number of pyridine rings is 1. The number of rotatable bonds is 0. The van der Waals surface area contributed by atoms with Crippen LogP contribution in [-0.2, 0) is 12.8 Å². The zero-order valence-electron chi connectivity index (χ0n) is 8.34. The minimum Gasteiger partial charge on any atom is -0.459 e. The van der Waals surface area contributed by atoms with E-state index in [4.69, 9.17) is 4.42 Å². The normalized spacial score (nSPS) is 15.8. The predicted molar refractivity (Wildman–Crippen MR) is 55.4 cm³/mol. The van der Waals surface area contributed by atoms with Gasteiger partial charge in [-0.15, -0.1) is 0 Å². The molecule has 1 aliphatic carbocycles. The number of hydrogen-bond donors (Lipinski definition) is 0. The van der Waals surface area contributed by atoms with Gasteiger partial charge in [-0.3, -0.25) is 4.98 Å². The van der Waals surface area contributed by atoms with Crippen molar-refractivity contribution in [2.75, 3.05) is 0 Å². The van der Waals surface area contributed by atoms with Crippen LogP contribution in [0.4, 0.5) is 0 Å². The van der Waals surface area contributed by atoms with Gasteiger partial charge in [0.15, 0.2) is 5.58 Å². The third kappa shape index (κ3) is 1.07. The second-order valence-corrected chi connectivity index (χ2v) is 4.03. The Morgan fingerprint density at radius 2 is 2.14 bits per heavy atom. The molecule has 0 radical (unpaired) electrons. The van der Waals surface area contributed by atoms with Gasteiger partial charge >= 0.3 is 0 Å². The lowest BCUT2D eigenvalue weighted by atomic mass is 9.96. The lowest BCUT2D eigenvalue weighted by Gasteiger charge is -2.08. The first-order valence-corrected chi connectivity index (χ1v) is 5.21. The average molecular weight is 187 g/mol. The molecule has 2 nitrogen and oxygen atoms in total. The summed E-state index contributed by atoms with van der Waals surface area (Å²) in [6, 6.07) is 2.14. The fourth-order valence-corrected chi connectivity index (χ4v) is 2.27. The largest absolute Gasteiger partial charge is 0.459 e. The standard InChI is InChI=1S/C12H13NO/c1-8-6-10-9-4-2-3-5-11(9)14-12(10)7-13-8/h6-7H,2-5H2,1H3. The van der Waals surface area contributed by atoms with Crippen LogP contribution in [0.3, 0.4) is 0 Å². The highest BCUT2D eigenvalue weighted by Crippen LogP contribution is 2.31. The molecule has 3 rings (SSSR count). The fraction of sp³-hybridized carbons (Fsp3) is 0.417. The van der Waals surface area contributed by atoms with Gasteiger partial charge in [0.05, 0.1) is 6.20 Å². The lowest BCUT2D eigenvalue weighted by molar-refractivity contribution is 0.505. The van der Waals surface area contributed by atoms with Gasteiger partial charge in [0.1, 0.15) is 5.76 Å². The van der Waals surface area contributed by atoms with Gasteiger partial charge < -0.3 is 4.42 Å². The van der Waals surface area contributed by atoms with Crippen LogP contribution in [0.1, 0.15) is 29.9 Å². The summed E-state index contributed by atoms with van der Waals surface area (Å²) in [5.41, 5.74) is 3.46. The van der Waals surface area contributed by atoms with E-state index in [-0.39, 0.29) is 0 Å². The maximum atomic E-state index is 5.78. The molecule has 0 fully saturated rings. The van der Waals surface area contributed by atoms with E-state index in [1.807, 2.05) is 13.1 Å². The van der Waals surface area contributed by atoms with Gasteiger partial charge in [-0.1, -0.05) is 0 Å². The molecule has 0 unspecified atom stereocenters. The third-order valence-electron chi connectivity index (χ3n) is 2.98. The van der Waals surface area contributed by atoms with Gasteiger partial charge in [0.25, 0.3) is 0 Å². The van der Waals surface area contributed by atoms with Crippen molar-refractivity contribution in [2.45, 2.75) is 32.6 Å². The van der Waals surface area contributed by atoms with E-state index < -0.39 is 0 Å². The number of furan rings is 1. The van der Waals surface area contributed by atoms with Gasteiger partial charge in [-0.25, -0.2) is 0 Å². The highest BCUT2D eigenvalue weighted by atomic mass is 16.3. The Bertz CT molecular complexity index is 484. The van der Waals surface area contributed by atoms with Crippen molar-refractivity contribution in [3.63, 3.8) is 0 Å². The van der Waals surface area contributed by atoms with Gasteiger partial charge in [-0.05, 0) is 32.3 Å². The topological polar surface area (TPSA) is 26.0 Å². The van der Waals surface area contributed by atoms with Gasteiger partial charge in [0, 0.05) is 23.1 Å². The molecule has 14 heavy (non-hydrogen) atoms. The molecule has 0 N–H and O–H groups in total. The number of aryl methyl sites for hydroxylation is 3. The summed E-state index contributed by atoms with van der Waals surface area (Å²) < 4.78 is 5.78. The Kier molecular flexibility index (Phi) is 1.63. The molecule has 0 bridgehead atoms. The Hall–Kier alpha value is -1.31. The maximum Gasteiger partial charge on any atom is 0.152 e. The van der Waals surface area contributed by atoms with E-state index in [0.717, 1.165) is 17.7 Å². The number of hydrogen-bond acceptors (Lipinski definition) is 2. The van der Waals surface area contributed by atoms with Crippen molar-refractivity contribution in [2.24, 2.45) is 0 Å². The molecule has 2 aromatic rings. The van der Waals surface area contributed by atoms with E-state index in [1.54, 1.807) is 0 Å². The zero-order valence-corrected chi connectivity index (χ0v) is 8.34. The van der Waals surface area contributed by atoms with Crippen LogP contribution < -0.4 is 0 Å². The van der Waals surface area contributed by atoms with Crippen LogP contribution in [0.2, 0.25) is 0 Å². The molecule has 0 saturated heterocycles. The average Bonchev–Trinajstić information content (AvgIpc) is 2.56. The highest BCUT2D eigenvalue weighted by Gasteiger charge is 2.17. The van der Waals surface area contributed by atoms with Crippen molar-refractivity contribution in [3.8, 4) is 0 Å². The van der Waals surface area contributed by atoms with Crippen molar-refractivity contribution in [1.82, 2.24) is 4.98 Å². The Morgan fingerprint density at radius 3 is 3.07 bits per heavy atom. The van der Waals surface area contributed by atoms with Gasteiger partial charge in [-0.2, -0.15) is 0 Å². The molecule has 2 heterocycles. The molecule has 0 atom stereocenters. The summed E-state index contributed by atoms with van der Waals surface area (Å²) in [6.45, 7) is 2.03. The lowest BCUT2D eigenvalue weighted by Crippen LogP contribution is -1.98. The smallest absolute Gasteiger partial charge is 0.152 e. The van der Waals surface area contributed by atoms with E-state index >= 15 is 0 Å². The van der Waals surface area contributed by atoms with Crippen LogP contribution in [0.5, 0.6) is 0 Å². The maximum absolute atomic E-state index is 5.78. The van der Waals surface area contributed by atoms with Crippen molar-refractivity contribution in [3.05, 3.63) is 29.3 Å². The molecule has 0 aliphatic heterocycles. The van der Waals surface area contributed by atoms with Crippen LogP contribution in [-0.4, -0.2) is 4.98 Å². The molecule has 2 heteroatoms. The highest BCUT2D eigenvalue weighted by molar-refractivity contribution is 5.82. The van der Waals surface area contributed by atoms with E-state index in [9.17, 15) is 0 Å². The van der Waals surface area contributed by atoms with Crippen LogP contribution in [0.25, 0.3) is 11.0 Å². The van der Waals surface area contributed by atoms with Crippen LogP contribution in [0.15, 0.2) is 16.7 Å². The summed E-state index contributed by atoms with van der Waals surface area (Å²) >= 11 is 0. The molecular formula is C12H13NO. The number of nitrogens with zero attached hydrogens (tertiary/aromatic N) is 1. The SMILES string of the molecule is Cc1cc2c3c(oc2cn1)CCCC3. The van der Waals surface area contributed by atoms with Gasteiger partial charge in [0.2, 0.25) is 0 Å². The van der Waals surface area contributed by atoms with Crippen molar-refractivity contribution < 1.29 is 4.42 Å². The molecule has 72 valence electrons. The van der Waals surface area contributed by atoms with Crippen molar-refractivity contribution in [1.29, 1.82) is 0 Å². The number of aromatic nitrogens is 1. The van der Waals surface area contributed by atoms with E-state index in [2.05, 4.69) is 11.1 Å². The van der Waals surface area contributed by atoms with E-state index in [0.29, 0.717) is 0 Å². The van der Waals surface area contributed by atoms with E-state index in [1.165, 1.54) is 36.0 Å². The molecular weight excluding hydrogens is 174 g/mol. The Balaban J connectivity index is 2.32. The summed E-state index contributed by atoms with van der Waals surface area (Å²) in [5.74, 6) is 1.19. The second kappa shape index (κ2) is 2.84. The van der Waals surface area contributed by atoms with Crippen LogP contribution >= 0.6 is 0 Å². The molecule has 0 spiro atoms. The zero-order chi connectivity index (χ0) is 9.54. The fourth-order valence-electron chi connectivity index (χ4n) is 2.27. The van der Waals surface area contributed by atoms with Crippen molar-refractivity contribution >= 4 is 11.0 Å². The summed E-state index contributed by atoms with van der Waals surface area (Å²) in [4.78, 5) is 4.26. The Morgan fingerprint density at radius 1 is 1.29 bits per heavy atom. The second-order valence-electron chi connectivity index (χ2n) is 4.03. The summed E-state index contributed by atoms with van der Waals surface area (Å²) in [6.07, 6.45) is 6.68. The minimum absolute atomic E-state index is 0.961. The van der Waals surface area contributed by atoms with Crippen LogP contribution in [0, 0.1) is 6.92 Å². The molecule has 1 aliphatic rings. The first-order valence-electron chi connectivity index (χ1n) is 5.21.